The molecule has 0 unspecified atom stereocenters. The van der Waals surface area contributed by atoms with E-state index in [1.165, 1.54) is 98.7 Å². The Kier molecular flexibility index (Phi) is 7.26. The molecule has 270 valence electrons. The van der Waals surface area contributed by atoms with Crippen LogP contribution in [0, 0.1) is 0 Å². The molecule has 10 aromatic carbocycles. The third kappa shape index (κ3) is 5.05. The Morgan fingerprint density at radius 3 is 1.03 bits per heavy atom. The fraction of sp³-hybridized carbons (Fsp3) is 0. The summed E-state index contributed by atoms with van der Waals surface area (Å²) in [5.74, 6) is 0. The molecule has 2 heteroatoms. The molecule has 0 saturated carbocycles. The van der Waals surface area contributed by atoms with E-state index in [1.807, 2.05) is 0 Å². The third-order valence-electron chi connectivity index (χ3n) is 12.2. The summed E-state index contributed by atoms with van der Waals surface area (Å²) in [6, 6.07) is 75.3. The lowest BCUT2D eigenvalue weighted by molar-refractivity contribution is 1.52. The molecule has 0 saturated heterocycles. The minimum atomic E-state index is 1.15. The van der Waals surface area contributed by atoms with Crippen molar-refractivity contribution in [1.29, 1.82) is 0 Å². The van der Waals surface area contributed by atoms with Gasteiger partial charge in [0.15, 0.2) is 0 Å². The van der Waals surface area contributed by atoms with Crippen molar-refractivity contribution in [1.82, 2.24) is 9.97 Å². The molecule has 2 aromatic heterocycles. The lowest BCUT2D eigenvalue weighted by Crippen LogP contribution is -1.90. The van der Waals surface area contributed by atoms with Crippen molar-refractivity contribution in [3.63, 3.8) is 0 Å². The number of aromatic amines is 2. The van der Waals surface area contributed by atoms with Crippen LogP contribution in [0.25, 0.3) is 121 Å². The van der Waals surface area contributed by atoms with E-state index in [2.05, 4.69) is 216 Å². The Bertz CT molecular complexity index is 3300. The van der Waals surface area contributed by atoms with Crippen molar-refractivity contribution >= 4 is 65.2 Å². The molecule has 0 spiro atoms. The van der Waals surface area contributed by atoms with Gasteiger partial charge in [-0.25, -0.2) is 0 Å². The van der Waals surface area contributed by atoms with Crippen LogP contribution in [0.4, 0.5) is 0 Å². The molecular formula is C56H36N2. The van der Waals surface area contributed by atoms with Crippen LogP contribution in [0.1, 0.15) is 0 Å². The summed E-state index contributed by atoms with van der Waals surface area (Å²) in [5, 5.41) is 9.95. The van der Waals surface area contributed by atoms with Crippen LogP contribution in [-0.4, -0.2) is 9.97 Å². The summed E-state index contributed by atoms with van der Waals surface area (Å²) >= 11 is 0. The number of H-pyrrole nitrogens is 2. The average molecular weight is 737 g/mol. The highest BCUT2D eigenvalue weighted by atomic mass is 14.7. The summed E-state index contributed by atoms with van der Waals surface area (Å²) in [6.45, 7) is 0. The number of benzene rings is 10. The quantitative estimate of drug-likeness (QED) is 0.176. The molecule has 0 aliphatic carbocycles. The maximum Gasteiger partial charge on any atom is 0.0550 e. The first kappa shape index (κ1) is 32.6. The van der Waals surface area contributed by atoms with Crippen LogP contribution in [0.3, 0.4) is 0 Å². The summed E-state index contributed by atoms with van der Waals surface area (Å²) in [5.41, 5.74) is 16.7. The van der Waals surface area contributed by atoms with E-state index >= 15 is 0 Å². The average Bonchev–Trinajstić information content (AvgIpc) is 3.87. The first-order valence-electron chi connectivity index (χ1n) is 20.0. The lowest BCUT2D eigenvalue weighted by atomic mass is 9.88. The van der Waals surface area contributed by atoms with E-state index < -0.39 is 0 Å². The summed E-state index contributed by atoms with van der Waals surface area (Å²) in [6.07, 6.45) is 0. The molecular weight excluding hydrogens is 701 g/mol. The Morgan fingerprint density at radius 1 is 0.224 bits per heavy atom. The van der Waals surface area contributed by atoms with Gasteiger partial charge in [0.05, 0.1) is 11.0 Å². The third-order valence-corrected chi connectivity index (χ3v) is 12.2. The first-order valence-corrected chi connectivity index (χ1v) is 20.0. The van der Waals surface area contributed by atoms with Gasteiger partial charge in [0.25, 0.3) is 0 Å². The monoisotopic (exact) mass is 736 g/mol. The number of para-hydroxylation sites is 2. The van der Waals surface area contributed by atoms with Crippen molar-refractivity contribution < 1.29 is 0 Å². The zero-order valence-corrected chi connectivity index (χ0v) is 31.6. The van der Waals surface area contributed by atoms with Gasteiger partial charge in [-0.3, -0.25) is 0 Å². The normalized spacial score (nSPS) is 11.8. The summed E-state index contributed by atoms with van der Waals surface area (Å²) in [4.78, 5) is 7.63. The number of fused-ring (bicyclic) bond motifs is 8. The highest BCUT2D eigenvalue weighted by Crippen LogP contribution is 2.45. The maximum absolute atomic E-state index is 3.82. The van der Waals surface area contributed by atoms with Crippen LogP contribution in [0.15, 0.2) is 206 Å². The first-order chi connectivity index (χ1) is 28.8. The van der Waals surface area contributed by atoms with Gasteiger partial charge < -0.3 is 9.97 Å². The van der Waals surface area contributed by atoms with Gasteiger partial charge in [-0.2, -0.15) is 0 Å². The van der Waals surface area contributed by atoms with E-state index in [4.69, 9.17) is 0 Å². The van der Waals surface area contributed by atoms with Crippen LogP contribution in [0.5, 0.6) is 0 Å². The Labute approximate surface area is 335 Å². The maximum atomic E-state index is 3.82. The molecule has 0 radical (unpaired) electrons. The van der Waals surface area contributed by atoms with E-state index in [9.17, 15) is 0 Å². The van der Waals surface area contributed by atoms with E-state index in [0.717, 1.165) is 22.1 Å². The molecule has 2 nitrogen and oxygen atoms in total. The number of hydrogen-bond donors (Lipinski definition) is 2. The molecule has 0 atom stereocenters. The Hall–Kier alpha value is -7.68. The van der Waals surface area contributed by atoms with Crippen LogP contribution in [0.2, 0.25) is 0 Å². The van der Waals surface area contributed by atoms with Gasteiger partial charge in [0.2, 0.25) is 0 Å². The topological polar surface area (TPSA) is 31.6 Å². The fourth-order valence-corrected chi connectivity index (χ4v) is 9.47. The number of rotatable bonds is 5. The fourth-order valence-electron chi connectivity index (χ4n) is 9.47. The Morgan fingerprint density at radius 2 is 0.586 bits per heavy atom. The SMILES string of the molecule is c1ccc2c(-c3ccc4c([nH]c5ccccc54)c3-c3ccc(-c4ccc(-c5c(-c6cccc7ccccc67)ccc6c5[nH]c5ccccc56)cc4)cc3)cccc2c1. The van der Waals surface area contributed by atoms with Crippen LogP contribution < -0.4 is 0 Å². The van der Waals surface area contributed by atoms with Crippen molar-refractivity contribution in [2.24, 2.45) is 0 Å². The predicted molar refractivity (Wildman–Crippen MR) is 247 cm³/mol. The van der Waals surface area contributed by atoms with Crippen molar-refractivity contribution in [3.05, 3.63) is 206 Å². The van der Waals surface area contributed by atoms with E-state index in [0.29, 0.717) is 0 Å². The van der Waals surface area contributed by atoms with Crippen molar-refractivity contribution in [2.75, 3.05) is 0 Å². The van der Waals surface area contributed by atoms with Crippen molar-refractivity contribution in [3.8, 4) is 55.6 Å². The molecule has 2 heterocycles. The second-order valence-electron chi connectivity index (χ2n) is 15.4. The predicted octanol–water partition coefficient (Wildman–Crippen LogP) is 15.6. The zero-order chi connectivity index (χ0) is 38.2. The van der Waals surface area contributed by atoms with Gasteiger partial charge in [0, 0.05) is 43.7 Å². The van der Waals surface area contributed by atoms with Crippen LogP contribution in [-0.2, 0) is 0 Å². The molecule has 58 heavy (non-hydrogen) atoms. The van der Waals surface area contributed by atoms with Gasteiger partial charge in [-0.05, 0) is 78.2 Å². The second-order valence-corrected chi connectivity index (χ2v) is 15.4. The zero-order valence-electron chi connectivity index (χ0n) is 31.6. The van der Waals surface area contributed by atoms with Crippen molar-refractivity contribution in [2.45, 2.75) is 0 Å². The molecule has 0 aliphatic heterocycles. The minimum absolute atomic E-state index is 1.15. The smallest absolute Gasteiger partial charge is 0.0550 e. The summed E-state index contributed by atoms with van der Waals surface area (Å²) < 4.78 is 0. The number of hydrogen-bond acceptors (Lipinski definition) is 0. The van der Waals surface area contributed by atoms with Gasteiger partial charge in [-0.1, -0.05) is 194 Å². The number of aromatic nitrogens is 2. The minimum Gasteiger partial charge on any atom is -0.354 e. The van der Waals surface area contributed by atoms with E-state index in [-0.39, 0.29) is 0 Å². The Balaban J connectivity index is 0.988. The lowest BCUT2D eigenvalue weighted by Gasteiger charge is -2.16. The molecule has 2 N–H and O–H groups in total. The highest BCUT2D eigenvalue weighted by molar-refractivity contribution is 6.17. The van der Waals surface area contributed by atoms with E-state index in [1.54, 1.807) is 0 Å². The molecule has 0 bridgehead atoms. The molecule has 0 fully saturated rings. The molecule has 0 amide bonds. The second kappa shape index (κ2) is 12.9. The molecule has 12 rings (SSSR count). The highest BCUT2D eigenvalue weighted by Gasteiger charge is 2.19. The largest absolute Gasteiger partial charge is 0.354 e. The standard InChI is InChI=1S/C56H36N2/c1-3-15-41-37(11-1)13-9-19-43(41)47-31-33-49-45-17-5-7-21-51(45)57-55(49)53(47)39-27-23-35(24-28-39)36-25-29-40(30-26-36)54-48(44-20-10-14-38-12-2-4-16-42(38)44)32-34-50-46-18-6-8-22-52(46)58-56(50)54/h1-34,57-58H. The van der Waals surface area contributed by atoms with Gasteiger partial charge in [-0.15, -0.1) is 0 Å². The summed E-state index contributed by atoms with van der Waals surface area (Å²) in [7, 11) is 0. The number of nitrogens with one attached hydrogen (secondary N) is 2. The molecule has 0 aliphatic rings. The molecule has 12 aromatic rings. The van der Waals surface area contributed by atoms with Crippen LogP contribution >= 0.6 is 0 Å². The van der Waals surface area contributed by atoms with Gasteiger partial charge >= 0.3 is 0 Å². The van der Waals surface area contributed by atoms with Gasteiger partial charge in [0.1, 0.15) is 0 Å².